The van der Waals surface area contributed by atoms with E-state index in [-0.39, 0.29) is 16.9 Å². The minimum absolute atomic E-state index is 0.0664. The van der Waals surface area contributed by atoms with Gasteiger partial charge in [-0.05, 0) is 19.1 Å². The molecule has 3 nitrogen and oxygen atoms in total. The minimum atomic E-state index is -4.40. The molecule has 116 valence electrons. The fourth-order valence-corrected chi connectivity index (χ4v) is 2.40. The zero-order chi connectivity index (χ0) is 16.0. The summed E-state index contributed by atoms with van der Waals surface area (Å²) in [5.74, 6) is 0.734. The van der Waals surface area contributed by atoms with E-state index in [9.17, 15) is 13.2 Å². The van der Waals surface area contributed by atoms with Crippen molar-refractivity contribution in [2.45, 2.75) is 32.5 Å². The normalized spacial score (nSPS) is 17.9. The Labute approximate surface area is 122 Å². The highest BCUT2D eigenvalue weighted by Gasteiger charge is 2.42. The van der Waals surface area contributed by atoms with Crippen LogP contribution in [0.25, 0.3) is 0 Å². The number of hydrogen-bond donors (Lipinski definition) is 0. The number of alkyl halides is 3. The van der Waals surface area contributed by atoms with E-state index in [1.54, 1.807) is 0 Å². The summed E-state index contributed by atoms with van der Waals surface area (Å²) in [6, 6.07) is 2.48. The SMILES string of the molecule is COc1c(C2=[N+](C)C(C)(C)CO2)ccc(C(F)(F)F)c1C. The Morgan fingerprint density at radius 2 is 1.90 bits per heavy atom. The standard InChI is InChI=1S/C15H19F3NO2/c1-9-11(15(16,17)18)7-6-10(12(9)20-5)13-19(4)14(2,3)8-21-13/h6-7H,8H2,1-5H3/q+1. The molecule has 1 aromatic rings. The first-order valence-electron chi connectivity index (χ1n) is 6.58. The van der Waals surface area contributed by atoms with Crippen molar-refractivity contribution >= 4 is 5.90 Å². The Hall–Kier alpha value is -1.72. The lowest BCUT2D eigenvalue weighted by Crippen LogP contribution is -2.33. The van der Waals surface area contributed by atoms with Gasteiger partial charge in [0.2, 0.25) is 0 Å². The van der Waals surface area contributed by atoms with Crippen molar-refractivity contribution in [3.8, 4) is 5.75 Å². The minimum Gasteiger partial charge on any atom is -0.495 e. The summed E-state index contributed by atoms with van der Waals surface area (Å²) in [6.45, 7) is 5.89. The number of benzene rings is 1. The second-order valence-corrected chi connectivity index (χ2v) is 5.78. The molecule has 0 saturated heterocycles. The number of halogens is 3. The van der Waals surface area contributed by atoms with Gasteiger partial charge in [-0.1, -0.05) is 0 Å². The van der Waals surface area contributed by atoms with Crippen LogP contribution in [0, 0.1) is 6.92 Å². The molecule has 0 spiro atoms. The van der Waals surface area contributed by atoms with E-state index in [0.29, 0.717) is 18.1 Å². The van der Waals surface area contributed by atoms with E-state index in [1.807, 2.05) is 25.5 Å². The lowest BCUT2D eigenvalue weighted by molar-refractivity contribution is -0.562. The quantitative estimate of drug-likeness (QED) is 0.782. The molecule has 2 rings (SSSR count). The topological polar surface area (TPSA) is 21.5 Å². The van der Waals surface area contributed by atoms with Gasteiger partial charge in [0.05, 0.1) is 12.7 Å². The van der Waals surface area contributed by atoms with Crippen molar-refractivity contribution in [2.75, 3.05) is 20.8 Å². The molecule has 0 bridgehead atoms. The van der Waals surface area contributed by atoms with E-state index < -0.39 is 11.7 Å². The van der Waals surface area contributed by atoms with Gasteiger partial charge in [0, 0.05) is 19.4 Å². The second kappa shape index (κ2) is 4.93. The van der Waals surface area contributed by atoms with E-state index in [0.717, 1.165) is 6.07 Å². The molecular weight excluding hydrogens is 283 g/mol. The van der Waals surface area contributed by atoms with Crippen LogP contribution < -0.4 is 4.74 Å². The molecule has 0 N–H and O–H groups in total. The molecule has 0 radical (unpaired) electrons. The molecule has 0 unspecified atom stereocenters. The van der Waals surface area contributed by atoms with Gasteiger partial charge in [-0.2, -0.15) is 17.7 Å². The van der Waals surface area contributed by atoms with Crippen molar-refractivity contribution in [1.82, 2.24) is 0 Å². The number of hydrogen-bond acceptors (Lipinski definition) is 2. The predicted octanol–water partition coefficient (Wildman–Crippen LogP) is 3.22. The first-order chi connectivity index (χ1) is 9.59. The van der Waals surface area contributed by atoms with Crippen LogP contribution in [0.2, 0.25) is 0 Å². The van der Waals surface area contributed by atoms with Crippen molar-refractivity contribution in [3.63, 3.8) is 0 Å². The summed E-state index contributed by atoms with van der Waals surface area (Å²) in [7, 11) is 3.22. The third-order valence-corrected chi connectivity index (χ3v) is 3.92. The van der Waals surface area contributed by atoms with Crippen molar-refractivity contribution in [1.29, 1.82) is 0 Å². The highest BCUT2D eigenvalue weighted by Crippen LogP contribution is 2.38. The second-order valence-electron chi connectivity index (χ2n) is 5.78. The monoisotopic (exact) mass is 302 g/mol. The van der Waals surface area contributed by atoms with Crippen LogP contribution >= 0.6 is 0 Å². The molecule has 1 aliphatic heterocycles. The third-order valence-electron chi connectivity index (χ3n) is 3.92. The molecule has 0 fully saturated rings. The molecule has 0 aromatic heterocycles. The lowest BCUT2D eigenvalue weighted by atomic mass is 10.0. The maximum atomic E-state index is 13.0. The molecule has 21 heavy (non-hydrogen) atoms. The Morgan fingerprint density at radius 1 is 1.29 bits per heavy atom. The Balaban J connectivity index is 2.63. The molecule has 0 aliphatic carbocycles. The molecule has 1 aromatic carbocycles. The maximum Gasteiger partial charge on any atom is 0.416 e. The van der Waals surface area contributed by atoms with Gasteiger partial charge in [-0.25, -0.2) is 0 Å². The van der Waals surface area contributed by atoms with Crippen LogP contribution in [0.3, 0.4) is 0 Å². The fraction of sp³-hybridized carbons (Fsp3) is 0.533. The smallest absolute Gasteiger partial charge is 0.416 e. The number of ether oxygens (including phenoxy) is 2. The van der Waals surface area contributed by atoms with Crippen LogP contribution in [0.4, 0.5) is 13.2 Å². The highest BCUT2D eigenvalue weighted by molar-refractivity contribution is 5.94. The van der Waals surface area contributed by atoms with Crippen molar-refractivity contribution in [2.24, 2.45) is 0 Å². The van der Waals surface area contributed by atoms with Crippen LogP contribution in [0.15, 0.2) is 12.1 Å². The van der Waals surface area contributed by atoms with Crippen molar-refractivity contribution in [3.05, 3.63) is 28.8 Å². The van der Waals surface area contributed by atoms with Gasteiger partial charge >= 0.3 is 12.1 Å². The molecule has 0 amide bonds. The fourth-order valence-electron chi connectivity index (χ4n) is 2.40. The number of nitrogens with zero attached hydrogens (tertiary/aromatic N) is 1. The largest absolute Gasteiger partial charge is 0.495 e. The number of rotatable bonds is 2. The Kier molecular flexibility index (Phi) is 3.68. The maximum absolute atomic E-state index is 13.0. The number of likely N-dealkylation sites (N-methyl/N-ethyl adjacent to an activating group) is 1. The average Bonchev–Trinajstić information content (AvgIpc) is 2.62. The molecule has 6 heteroatoms. The van der Waals surface area contributed by atoms with Crippen LogP contribution in [-0.2, 0) is 10.9 Å². The average molecular weight is 302 g/mol. The summed E-state index contributed by atoms with van der Waals surface area (Å²) in [5.41, 5.74) is -0.298. The summed E-state index contributed by atoms with van der Waals surface area (Å²) >= 11 is 0. The molecular formula is C15H19F3NO2+. The first-order valence-corrected chi connectivity index (χ1v) is 6.58. The summed E-state index contributed by atoms with van der Waals surface area (Å²) in [5, 5.41) is 0. The zero-order valence-corrected chi connectivity index (χ0v) is 12.8. The zero-order valence-electron chi connectivity index (χ0n) is 12.8. The van der Waals surface area contributed by atoms with E-state index in [4.69, 9.17) is 9.47 Å². The Morgan fingerprint density at radius 3 is 2.33 bits per heavy atom. The molecule has 1 aliphatic rings. The molecule has 0 atom stereocenters. The van der Waals surface area contributed by atoms with E-state index >= 15 is 0 Å². The third kappa shape index (κ3) is 2.59. The molecule has 0 saturated carbocycles. The summed E-state index contributed by atoms with van der Waals surface area (Å²) < 4.78 is 51.7. The predicted molar refractivity (Wildman–Crippen MR) is 73.1 cm³/mol. The van der Waals surface area contributed by atoms with Gasteiger partial charge in [-0.3, -0.25) is 0 Å². The van der Waals surface area contributed by atoms with E-state index in [2.05, 4.69) is 0 Å². The number of methoxy groups -OCH3 is 1. The van der Waals surface area contributed by atoms with Crippen molar-refractivity contribution < 1.29 is 27.2 Å². The van der Waals surface area contributed by atoms with Crippen LogP contribution in [0.5, 0.6) is 5.75 Å². The highest BCUT2D eigenvalue weighted by atomic mass is 19.4. The molecule has 1 heterocycles. The summed E-state index contributed by atoms with van der Waals surface area (Å²) in [4.78, 5) is 0. The lowest BCUT2D eigenvalue weighted by Gasteiger charge is -2.15. The van der Waals surface area contributed by atoms with Crippen LogP contribution in [-0.4, -0.2) is 36.8 Å². The van der Waals surface area contributed by atoms with Crippen LogP contribution in [0.1, 0.15) is 30.5 Å². The summed E-state index contributed by atoms with van der Waals surface area (Å²) in [6.07, 6.45) is -4.40. The van der Waals surface area contributed by atoms with Gasteiger partial charge in [0.1, 0.15) is 18.4 Å². The van der Waals surface area contributed by atoms with Gasteiger partial charge < -0.3 is 9.47 Å². The van der Waals surface area contributed by atoms with Gasteiger partial charge in [-0.15, -0.1) is 0 Å². The van der Waals surface area contributed by atoms with E-state index in [1.165, 1.54) is 20.1 Å². The van der Waals surface area contributed by atoms with Gasteiger partial charge in [0.25, 0.3) is 0 Å². The Bertz CT molecular complexity index is 604. The van der Waals surface area contributed by atoms with Gasteiger partial charge in [0.15, 0.2) is 12.1 Å². The first kappa shape index (κ1) is 15.7.